The third kappa shape index (κ3) is 14.6. The van der Waals surface area contributed by atoms with Crippen molar-refractivity contribution in [3.63, 3.8) is 0 Å². The van der Waals surface area contributed by atoms with Crippen LogP contribution in [0.25, 0.3) is 0 Å². The van der Waals surface area contributed by atoms with Crippen molar-refractivity contribution in [2.75, 3.05) is 27.2 Å². The van der Waals surface area contributed by atoms with Gasteiger partial charge in [-0.25, -0.2) is 0 Å². The molecule has 3 aliphatic rings. The molecule has 9 N–H and O–H groups in total. The first kappa shape index (κ1) is 57.1. The van der Waals surface area contributed by atoms with Gasteiger partial charge in [0.1, 0.15) is 24.2 Å². The molecule has 10 atom stereocenters. The van der Waals surface area contributed by atoms with E-state index >= 15 is 0 Å². The van der Waals surface area contributed by atoms with Gasteiger partial charge in [0.2, 0.25) is 35.4 Å². The number of amides is 8. The van der Waals surface area contributed by atoms with E-state index in [4.69, 9.17) is 0 Å². The maximum Gasteiger partial charge on any atom is 0.303 e. The van der Waals surface area contributed by atoms with Crippen molar-refractivity contribution in [3.05, 3.63) is 107 Å². The number of aliphatic carboxylic acids is 1. The molecule has 3 aromatic carbocycles. The number of carbonyl (C=O) groups excluding carboxylic acids is 8. The van der Waals surface area contributed by atoms with Crippen molar-refractivity contribution in [2.24, 2.45) is 5.41 Å². The van der Waals surface area contributed by atoms with Gasteiger partial charge in [-0.2, -0.15) is 0 Å². The summed E-state index contributed by atoms with van der Waals surface area (Å²) in [4.78, 5) is 126. The number of likely N-dealkylation sites (N-methyl/N-ethyl adjacent to an activating group) is 2. The Kier molecular flexibility index (Phi) is 19.3. The molecule has 0 aromatic heterocycles. The van der Waals surface area contributed by atoms with Crippen molar-refractivity contribution >= 4 is 53.2 Å². The predicted molar refractivity (Wildman–Crippen MR) is 280 cm³/mol. The second-order valence-electron chi connectivity index (χ2n) is 21.0. The van der Waals surface area contributed by atoms with Crippen LogP contribution in [0.4, 0.5) is 0 Å². The van der Waals surface area contributed by atoms with Crippen LogP contribution in [0, 0.1) is 5.41 Å². The van der Waals surface area contributed by atoms with Crippen molar-refractivity contribution in [1.29, 1.82) is 0 Å². The molecule has 2 fully saturated rings. The number of nitrogens with zero attached hydrogens (tertiary/aromatic N) is 2. The summed E-state index contributed by atoms with van der Waals surface area (Å²) in [5, 5.41) is 32.8. The molecule has 0 saturated carbocycles. The summed E-state index contributed by atoms with van der Waals surface area (Å²) in [5.74, 6) is -5.37. The molecule has 6 rings (SSSR count). The predicted octanol–water partition coefficient (Wildman–Crippen LogP) is 2.25. The first-order valence-electron chi connectivity index (χ1n) is 25.8. The Bertz CT molecular complexity index is 2590. The number of fused-ring (bicyclic) bond motifs is 1. The smallest absolute Gasteiger partial charge is 0.303 e. The molecular formula is C55H74N10O10. The van der Waals surface area contributed by atoms with Gasteiger partial charge in [-0.15, -0.1) is 0 Å². The molecule has 0 unspecified atom stereocenters. The first-order chi connectivity index (χ1) is 35.6. The van der Waals surface area contributed by atoms with Gasteiger partial charge in [0.15, 0.2) is 0 Å². The highest BCUT2D eigenvalue weighted by atomic mass is 16.4. The number of hydrogen-bond acceptors (Lipinski definition) is 11. The summed E-state index contributed by atoms with van der Waals surface area (Å²) in [6, 6.07) is 15.1. The summed E-state index contributed by atoms with van der Waals surface area (Å²) in [6.07, 6.45) is 1.82. The maximum absolute atomic E-state index is 14.7. The number of carboxylic acid groups (broad SMARTS) is 1. The van der Waals surface area contributed by atoms with Crippen molar-refractivity contribution in [3.8, 4) is 0 Å². The normalized spacial score (nSPS) is 21.3. The van der Waals surface area contributed by atoms with Crippen molar-refractivity contribution in [2.45, 2.75) is 147 Å². The Hall–Kier alpha value is -7.19. The number of nitrogens with one attached hydrogen (secondary N) is 8. The first-order valence-corrected chi connectivity index (χ1v) is 25.8. The largest absolute Gasteiger partial charge is 0.481 e. The molecule has 20 heteroatoms. The lowest BCUT2D eigenvalue weighted by molar-refractivity contribution is -0.144. The summed E-state index contributed by atoms with van der Waals surface area (Å²) < 4.78 is 0. The maximum atomic E-state index is 14.7. The number of rotatable bonds is 20. The molecule has 2 heterocycles. The van der Waals surface area contributed by atoms with Crippen LogP contribution in [-0.2, 0) is 40.0 Å². The van der Waals surface area contributed by atoms with Crippen molar-refractivity contribution < 1.29 is 48.3 Å². The van der Waals surface area contributed by atoms with Crippen LogP contribution in [0.5, 0.6) is 0 Å². The lowest BCUT2D eigenvalue weighted by Crippen LogP contribution is -2.59. The molecular weight excluding hydrogens is 961 g/mol. The molecule has 0 radical (unpaired) electrons. The monoisotopic (exact) mass is 1030 g/mol. The zero-order valence-corrected chi connectivity index (χ0v) is 44.2. The van der Waals surface area contributed by atoms with E-state index in [1.165, 1.54) is 34.1 Å². The standard InChI is InChI=1S/C55H74N10O10/c1-31(34-16-10-9-11-17-34)58-51(72)43-27-38(29-64(43)53(74)42(24-25-45(66)67)62-47(68)32(2)56-7)59-49(70)36-20-14-21-37(26-36)50(71)60-39-28-44(52(73)61-41-23-15-19-35-18-12-13-22-40(35)41)65(30-39)54(75)46(55(4,5)6)63-48(69)33(3)57-8/h9-14,16-18,20-22,26,31-33,38-39,41-44,46,56-57H,15,19,23-25,27-30H2,1-8H3,(H,58,72)(H,59,70)(H,60,71)(H,61,73)(H,62,68)(H,63,69)(H,66,67)/t31-,32+,33+,38+,39+,41-,42+,43+,44+,46-/m1/s1. The van der Waals surface area contributed by atoms with Crippen LogP contribution in [0.15, 0.2) is 78.9 Å². The van der Waals surface area contributed by atoms with Gasteiger partial charge in [-0.05, 0) is 114 Å². The summed E-state index contributed by atoms with van der Waals surface area (Å²) in [5.41, 5.74) is 2.40. The zero-order valence-electron chi connectivity index (χ0n) is 44.2. The minimum absolute atomic E-state index is 0.0231. The van der Waals surface area contributed by atoms with Crippen LogP contribution in [0.3, 0.4) is 0 Å². The number of likely N-dealkylation sites (tertiary alicyclic amines) is 2. The van der Waals surface area contributed by atoms with E-state index in [0.29, 0.717) is 6.42 Å². The lowest BCUT2D eigenvalue weighted by atomic mass is 9.85. The van der Waals surface area contributed by atoms with Gasteiger partial charge in [0.25, 0.3) is 11.8 Å². The van der Waals surface area contributed by atoms with E-state index in [1.807, 2.05) is 75.4 Å². The Morgan fingerprint density at radius 2 is 1.20 bits per heavy atom. The Balaban J connectivity index is 1.20. The molecule has 3 aromatic rings. The van der Waals surface area contributed by atoms with Gasteiger partial charge in [0, 0.05) is 42.7 Å². The number of benzene rings is 3. The van der Waals surface area contributed by atoms with Gasteiger partial charge in [-0.1, -0.05) is 81.4 Å². The Labute approximate surface area is 438 Å². The molecule has 75 heavy (non-hydrogen) atoms. The van der Waals surface area contributed by atoms with Crippen LogP contribution in [0.1, 0.15) is 130 Å². The minimum atomic E-state index is -1.30. The van der Waals surface area contributed by atoms with E-state index < -0.39 is 114 Å². The molecule has 1 aliphatic carbocycles. The number of carboxylic acids is 1. The Morgan fingerprint density at radius 3 is 1.77 bits per heavy atom. The summed E-state index contributed by atoms with van der Waals surface area (Å²) in [7, 11) is 3.20. The molecule has 2 aliphatic heterocycles. The fourth-order valence-corrected chi connectivity index (χ4v) is 9.88. The van der Waals surface area contributed by atoms with E-state index in [-0.39, 0.29) is 55.4 Å². The van der Waals surface area contributed by atoms with Crippen LogP contribution in [-0.4, -0.2) is 144 Å². The topological polar surface area (TPSA) is 277 Å². The fourth-order valence-electron chi connectivity index (χ4n) is 9.88. The summed E-state index contributed by atoms with van der Waals surface area (Å²) in [6.45, 7) is 10.3. The zero-order chi connectivity index (χ0) is 54.7. The number of carbonyl (C=O) groups is 9. The molecule has 8 amide bonds. The van der Waals surface area contributed by atoms with Gasteiger partial charge in [0.05, 0.1) is 24.2 Å². The lowest BCUT2D eigenvalue weighted by Gasteiger charge is -2.36. The van der Waals surface area contributed by atoms with Gasteiger partial charge in [-0.3, -0.25) is 43.2 Å². The SMILES string of the molecule is CN[C@@H](C)C(=O)N[C@@H](CCC(=O)O)C(=O)N1C[C@@H](NC(=O)c2cccc(C(=O)N[C@H]3C[C@@H](C(=O)N[C@@H]4CCCc5ccccc54)N(C(=O)[C@@H](NC(=O)[C@H](C)NC)C(C)(C)C)C3)c2)C[C@H]1C(=O)N[C@H](C)c1ccccc1. The van der Waals surface area contributed by atoms with E-state index in [0.717, 1.165) is 29.5 Å². The second-order valence-corrected chi connectivity index (χ2v) is 21.0. The van der Waals surface area contributed by atoms with Crippen LogP contribution in [0.2, 0.25) is 0 Å². The highest BCUT2D eigenvalue weighted by Crippen LogP contribution is 2.32. The second kappa shape index (κ2) is 25.4. The molecule has 0 spiro atoms. The third-order valence-corrected chi connectivity index (χ3v) is 14.5. The Morgan fingerprint density at radius 1 is 0.653 bits per heavy atom. The average molecular weight is 1040 g/mol. The molecule has 2 saturated heterocycles. The van der Waals surface area contributed by atoms with Gasteiger partial charge >= 0.3 is 5.97 Å². The van der Waals surface area contributed by atoms with Crippen LogP contribution >= 0.6 is 0 Å². The number of aryl methyl sites for hydroxylation is 1. The highest BCUT2D eigenvalue weighted by Gasteiger charge is 2.47. The quantitative estimate of drug-likeness (QED) is 0.0789. The fraction of sp³-hybridized carbons (Fsp3) is 0.509. The molecule has 20 nitrogen and oxygen atoms in total. The summed E-state index contributed by atoms with van der Waals surface area (Å²) >= 11 is 0. The van der Waals surface area contributed by atoms with Crippen LogP contribution < -0.4 is 42.5 Å². The van der Waals surface area contributed by atoms with E-state index in [1.54, 1.807) is 34.9 Å². The van der Waals surface area contributed by atoms with E-state index in [2.05, 4.69) is 42.5 Å². The molecule has 0 bridgehead atoms. The number of hydrogen-bond donors (Lipinski definition) is 9. The van der Waals surface area contributed by atoms with Crippen molar-refractivity contribution in [1.82, 2.24) is 52.3 Å². The third-order valence-electron chi connectivity index (χ3n) is 14.5. The molecule has 404 valence electrons. The highest BCUT2D eigenvalue weighted by molar-refractivity contribution is 6.01. The van der Waals surface area contributed by atoms with Gasteiger partial charge < -0.3 is 57.4 Å². The van der Waals surface area contributed by atoms with E-state index in [9.17, 15) is 48.3 Å². The minimum Gasteiger partial charge on any atom is -0.481 e. The average Bonchev–Trinajstić information content (AvgIpc) is 4.03.